The van der Waals surface area contributed by atoms with Crippen molar-refractivity contribution < 1.29 is 41.8 Å². The van der Waals surface area contributed by atoms with Gasteiger partial charge in [0.15, 0.2) is 0 Å². The fourth-order valence-corrected chi connectivity index (χ4v) is 6.18. The molecule has 0 saturated heterocycles. The second-order valence-electron chi connectivity index (χ2n) is 13.5. The quantitative estimate of drug-likeness (QED) is 0.0777. The molecule has 0 spiro atoms. The number of guanidine groups is 1. The van der Waals surface area contributed by atoms with Crippen LogP contribution in [-0.2, 0) is 40.2 Å². The first-order valence-electron chi connectivity index (χ1n) is 16.3. The Morgan fingerprint density at radius 3 is 2.19 bits per heavy atom. The molecule has 53 heavy (non-hydrogen) atoms. The lowest BCUT2D eigenvalue weighted by Gasteiger charge is -2.27. The van der Waals surface area contributed by atoms with Gasteiger partial charge in [0.05, 0.1) is 36.1 Å². The molecule has 0 aliphatic heterocycles. The third kappa shape index (κ3) is 13.6. The van der Waals surface area contributed by atoms with Crippen LogP contribution >= 0.6 is 23.2 Å². The Morgan fingerprint density at radius 2 is 1.57 bits per heavy atom. The molecule has 1 atom stereocenters. The number of amides is 3. The summed E-state index contributed by atoms with van der Waals surface area (Å²) in [7, 11) is -4.35. The molecule has 3 rings (SSSR count). The van der Waals surface area contributed by atoms with Gasteiger partial charge in [-0.25, -0.2) is 22.9 Å². The molecule has 17 heteroatoms. The number of rotatable bonds is 11. The highest BCUT2D eigenvalue weighted by Gasteiger charge is 2.29. The minimum absolute atomic E-state index is 0.0845. The number of halogens is 2. The monoisotopic (exact) mass is 791 g/mol. The summed E-state index contributed by atoms with van der Waals surface area (Å²) in [5.74, 6) is -1.68. The summed E-state index contributed by atoms with van der Waals surface area (Å²) in [5, 5.41) is 3.50. The molecule has 3 aromatic carbocycles. The van der Waals surface area contributed by atoms with Crippen molar-refractivity contribution in [2.45, 2.75) is 83.4 Å². The lowest BCUT2D eigenvalue weighted by Crippen LogP contribution is -2.45. The second-order valence-corrected chi connectivity index (χ2v) is 16.1. The molecule has 4 N–H and O–H groups in total. The summed E-state index contributed by atoms with van der Waals surface area (Å²) in [5.41, 5.74) is 5.10. The van der Waals surface area contributed by atoms with E-state index in [0.29, 0.717) is 21.2 Å². The molecular weight excluding hydrogens is 749 g/mol. The molecule has 14 nitrogen and oxygen atoms in total. The first kappa shape index (κ1) is 42.6. The predicted molar refractivity (Wildman–Crippen MR) is 203 cm³/mol. The van der Waals surface area contributed by atoms with Crippen LogP contribution in [0, 0.1) is 0 Å². The molecule has 0 aliphatic rings. The van der Waals surface area contributed by atoms with Crippen molar-refractivity contribution in [2.24, 2.45) is 10.7 Å². The zero-order chi connectivity index (χ0) is 39.7. The number of sulfonamides is 1. The molecule has 286 valence electrons. The topological polar surface area (TPSA) is 196 Å². The van der Waals surface area contributed by atoms with E-state index >= 15 is 0 Å². The normalized spacial score (nSPS) is 12.7. The van der Waals surface area contributed by atoms with Gasteiger partial charge in [-0.2, -0.15) is 0 Å². The Morgan fingerprint density at radius 1 is 0.906 bits per heavy atom. The van der Waals surface area contributed by atoms with Gasteiger partial charge in [-0.1, -0.05) is 47.5 Å². The van der Waals surface area contributed by atoms with Gasteiger partial charge in [-0.3, -0.25) is 14.3 Å². The number of nitrogens with one attached hydrogen (secondary N) is 2. The second kappa shape index (κ2) is 17.8. The van der Waals surface area contributed by atoms with Crippen LogP contribution in [0.25, 0.3) is 0 Å². The number of benzene rings is 3. The number of carbonyl (C=O) groups is 4. The van der Waals surface area contributed by atoms with Crippen LogP contribution in [0.2, 0.25) is 10.0 Å². The van der Waals surface area contributed by atoms with Gasteiger partial charge in [0.1, 0.15) is 11.2 Å². The summed E-state index contributed by atoms with van der Waals surface area (Å²) in [6.45, 7) is 11.5. The Hall–Kier alpha value is -4.86. The van der Waals surface area contributed by atoms with E-state index in [4.69, 9.17) is 43.1 Å². The van der Waals surface area contributed by atoms with Gasteiger partial charge >= 0.3 is 18.2 Å². The first-order chi connectivity index (χ1) is 24.6. The van der Waals surface area contributed by atoms with Crippen LogP contribution in [0.15, 0.2) is 76.6 Å². The number of hydrogen-bond donors (Lipinski definition) is 3. The van der Waals surface area contributed by atoms with E-state index in [1.54, 1.807) is 72.7 Å². The van der Waals surface area contributed by atoms with E-state index in [1.165, 1.54) is 36.4 Å². The maximum atomic E-state index is 13.7. The number of hydrogen-bond acceptors (Lipinski definition) is 9. The summed E-state index contributed by atoms with van der Waals surface area (Å²) in [4.78, 5) is 55.5. The fourth-order valence-electron chi connectivity index (χ4n) is 4.61. The van der Waals surface area contributed by atoms with Crippen molar-refractivity contribution in [2.75, 3.05) is 16.2 Å². The average molecular weight is 793 g/mol. The highest BCUT2D eigenvalue weighted by molar-refractivity contribution is 7.92. The molecule has 0 fully saturated rings. The smallest absolute Gasteiger partial charge is 0.437 e. The Kier molecular flexibility index (Phi) is 14.3. The minimum Gasteiger partial charge on any atom is -0.466 e. The number of esters is 1. The maximum absolute atomic E-state index is 13.7. The Labute approximate surface area is 319 Å². The highest BCUT2D eigenvalue weighted by Crippen LogP contribution is 2.27. The predicted octanol–water partition coefficient (Wildman–Crippen LogP) is 7.14. The molecule has 0 radical (unpaired) electrons. The van der Waals surface area contributed by atoms with Crippen molar-refractivity contribution in [3.63, 3.8) is 0 Å². The molecule has 3 amide bonds. The minimum atomic E-state index is -4.35. The Bertz CT molecular complexity index is 1980. The Balaban J connectivity index is 1.95. The van der Waals surface area contributed by atoms with Crippen molar-refractivity contribution in [1.29, 1.82) is 0 Å². The lowest BCUT2D eigenvalue weighted by atomic mass is 10.0. The van der Waals surface area contributed by atoms with Crippen LogP contribution < -0.4 is 20.7 Å². The number of carbonyl (C=O) groups excluding carboxylic acids is 4. The number of aliphatic imine (C=N–C) groups is 1. The first-order valence-corrected chi connectivity index (χ1v) is 18.5. The molecule has 3 aromatic rings. The fraction of sp³-hybridized carbons (Fsp3) is 0.361. The van der Waals surface area contributed by atoms with E-state index < -0.39 is 57.3 Å². The van der Waals surface area contributed by atoms with Gasteiger partial charge in [0.2, 0.25) is 11.9 Å². The van der Waals surface area contributed by atoms with Crippen molar-refractivity contribution in [3.05, 3.63) is 87.9 Å². The van der Waals surface area contributed by atoms with Gasteiger partial charge in [-0.15, -0.1) is 4.99 Å². The maximum Gasteiger partial charge on any atom is 0.437 e. The molecule has 0 aromatic heterocycles. The van der Waals surface area contributed by atoms with Crippen LogP contribution in [0.1, 0.15) is 72.1 Å². The number of anilines is 2. The van der Waals surface area contributed by atoms with Crippen LogP contribution in [0.3, 0.4) is 0 Å². The number of nitrogens with two attached hydrogens (primary N) is 1. The molecule has 0 bridgehead atoms. The summed E-state index contributed by atoms with van der Waals surface area (Å²) >= 11 is 12.2. The van der Waals surface area contributed by atoms with Crippen LogP contribution in [-0.4, -0.2) is 56.2 Å². The molecule has 0 aliphatic carbocycles. The summed E-state index contributed by atoms with van der Waals surface area (Å²) in [6.07, 6.45) is -2.49. The lowest BCUT2D eigenvalue weighted by molar-refractivity contribution is -0.143. The van der Waals surface area contributed by atoms with Crippen LogP contribution in [0.5, 0.6) is 0 Å². The zero-order valence-corrected chi connectivity index (χ0v) is 32.7. The van der Waals surface area contributed by atoms with Crippen molar-refractivity contribution >= 4 is 74.6 Å². The third-order valence-corrected chi connectivity index (χ3v) is 8.68. The van der Waals surface area contributed by atoms with Crippen molar-refractivity contribution in [1.82, 2.24) is 5.32 Å². The third-order valence-electron chi connectivity index (χ3n) is 6.71. The SMILES string of the molecule is CCOC(=O)CC(NC(=O)Cc1ccc(Cl)cc1Cl)c1cccc(NS(=O)(=O)c2cccc(N(C(=O)OC(C)(C)C)C(N)=NC(=O)OC(C)(C)C)c2)c1. The molecule has 0 heterocycles. The van der Waals surface area contributed by atoms with E-state index in [0.717, 1.165) is 11.0 Å². The number of nitrogens with zero attached hydrogens (tertiary/aromatic N) is 2. The molecule has 0 saturated carbocycles. The highest BCUT2D eigenvalue weighted by atomic mass is 35.5. The van der Waals surface area contributed by atoms with E-state index in [1.807, 2.05) is 0 Å². The zero-order valence-electron chi connectivity index (χ0n) is 30.4. The standard InChI is InChI=1S/C36H43Cl2N5O9S/c1-8-50-31(45)21-29(40-30(44)18-22-15-16-24(37)19-28(22)38)23-11-9-12-25(17-23)42-53(48,49)27-14-10-13-26(20-27)43(34(47)52-36(5,6)7)32(39)41-33(46)51-35(2,3)4/h9-17,19-20,29,42H,8,18,21H2,1-7H3,(H,40,44)(H2,39,41,46). The van der Waals surface area contributed by atoms with E-state index in [2.05, 4.69) is 15.0 Å². The molecule has 1 unspecified atom stereocenters. The van der Waals surface area contributed by atoms with Gasteiger partial charge in [0.25, 0.3) is 10.0 Å². The van der Waals surface area contributed by atoms with Crippen LogP contribution in [0.4, 0.5) is 21.0 Å². The van der Waals surface area contributed by atoms with E-state index in [-0.39, 0.29) is 35.7 Å². The summed E-state index contributed by atoms with van der Waals surface area (Å²) in [6, 6.07) is 15.0. The number of ether oxygens (including phenoxy) is 3. The average Bonchev–Trinajstić information content (AvgIpc) is 3.00. The summed E-state index contributed by atoms with van der Waals surface area (Å²) < 4.78 is 45.7. The largest absolute Gasteiger partial charge is 0.466 e. The van der Waals surface area contributed by atoms with Crippen molar-refractivity contribution in [3.8, 4) is 0 Å². The van der Waals surface area contributed by atoms with Gasteiger partial charge < -0.3 is 25.3 Å². The molecular formula is C36H43Cl2N5O9S. The van der Waals surface area contributed by atoms with E-state index in [9.17, 15) is 27.6 Å². The van der Waals surface area contributed by atoms with Gasteiger partial charge in [0, 0.05) is 15.7 Å². The van der Waals surface area contributed by atoms with Gasteiger partial charge in [-0.05, 0) is 102 Å².